The van der Waals surface area contributed by atoms with Crippen molar-refractivity contribution >= 4 is 28.4 Å². The molecule has 1 aliphatic heterocycles. The third-order valence-corrected chi connectivity index (χ3v) is 5.31. The molecule has 6 nitrogen and oxygen atoms in total. The van der Waals surface area contributed by atoms with Gasteiger partial charge >= 0.3 is 5.69 Å². The molecule has 1 aromatic carbocycles. The van der Waals surface area contributed by atoms with Crippen molar-refractivity contribution in [1.82, 2.24) is 24.8 Å². The Labute approximate surface area is 156 Å². The van der Waals surface area contributed by atoms with Gasteiger partial charge in [0.25, 0.3) is 0 Å². The van der Waals surface area contributed by atoms with Gasteiger partial charge in [0, 0.05) is 38.1 Å². The van der Waals surface area contributed by atoms with Crippen LogP contribution in [0, 0.1) is 0 Å². The number of rotatable bonds is 3. The quantitative estimate of drug-likeness (QED) is 0.696. The van der Waals surface area contributed by atoms with E-state index in [1.54, 1.807) is 6.20 Å². The van der Waals surface area contributed by atoms with E-state index in [2.05, 4.69) is 20.2 Å². The molecule has 26 heavy (non-hydrogen) atoms. The van der Waals surface area contributed by atoms with Crippen molar-refractivity contribution in [1.29, 1.82) is 0 Å². The lowest BCUT2D eigenvalue weighted by molar-refractivity contribution is 0.264. The highest BCUT2D eigenvalue weighted by atomic mass is 32.1. The van der Waals surface area contributed by atoms with Crippen LogP contribution in [0.1, 0.15) is 24.4 Å². The summed E-state index contributed by atoms with van der Waals surface area (Å²) in [4.78, 5) is 21.6. The summed E-state index contributed by atoms with van der Waals surface area (Å²) < 4.78 is 1.90. The maximum Gasteiger partial charge on any atom is 0.326 e. The van der Waals surface area contributed by atoms with E-state index in [4.69, 9.17) is 12.2 Å². The fourth-order valence-electron chi connectivity index (χ4n) is 3.56. The molecule has 2 N–H and O–H groups in total. The van der Waals surface area contributed by atoms with E-state index in [0.717, 1.165) is 47.6 Å². The van der Waals surface area contributed by atoms with Crippen LogP contribution in [-0.4, -0.2) is 37.6 Å². The predicted octanol–water partition coefficient (Wildman–Crippen LogP) is 2.44. The number of para-hydroxylation sites is 2. The number of pyridine rings is 1. The molecule has 0 unspecified atom stereocenters. The normalized spacial score (nSPS) is 15.3. The Bertz CT molecular complexity index is 957. The van der Waals surface area contributed by atoms with Gasteiger partial charge in [-0.15, -0.1) is 0 Å². The Balaban J connectivity index is 1.38. The molecule has 134 valence electrons. The molecule has 1 aliphatic rings. The molecule has 0 amide bonds. The molecule has 3 aromatic rings. The zero-order valence-electron chi connectivity index (χ0n) is 14.4. The predicted molar refractivity (Wildman–Crippen MR) is 106 cm³/mol. The average Bonchev–Trinajstić information content (AvgIpc) is 3.03. The molecule has 0 aliphatic carbocycles. The summed E-state index contributed by atoms with van der Waals surface area (Å²) in [6.45, 7) is 2.36. The van der Waals surface area contributed by atoms with Gasteiger partial charge in [0.1, 0.15) is 0 Å². The fourth-order valence-corrected chi connectivity index (χ4v) is 3.81. The number of aromatic nitrogens is 3. The van der Waals surface area contributed by atoms with Gasteiger partial charge in [-0.25, -0.2) is 4.79 Å². The van der Waals surface area contributed by atoms with E-state index in [9.17, 15) is 4.79 Å². The van der Waals surface area contributed by atoms with Crippen molar-refractivity contribution in [3.05, 3.63) is 64.8 Å². The van der Waals surface area contributed by atoms with Crippen LogP contribution in [0.25, 0.3) is 11.0 Å². The van der Waals surface area contributed by atoms with Crippen LogP contribution in [0.5, 0.6) is 0 Å². The second-order valence-corrected chi connectivity index (χ2v) is 6.94. The van der Waals surface area contributed by atoms with Crippen molar-refractivity contribution in [2.45, 2.75) is 25.4 Å². The lowest BCUT2D eigenvalue weighted by Gasteiger charge is -2.34. The van der Waals surface area contributed by atoms with Crippen molar-refractivity contribution < 1.29 is 0 Å². The van der Waals surface area contributed by atoms with Crippen LogP contribution < -0.4 is 11.0 Å². The van der Waals surface area contributed by atoms with Gasteiger partial charge in [0.05, 0.1) is 11.0 Å². The van der Waals surface area contributed by atoms with Crippen LogP contribution >= 0.6 is 12.2 Å². The first-order valence-electron chi connectivity index (χ1n) is 8.83. The van der Waals surface area contributed by atoms with Crippen LogP contribution in [0.15, 0.2) is 53.6 Å². The van der Waals surface area contributed by atoms with Gasteiger partial charge in [-0.2, -0.15) is 0 Å². The Morgan fingerprint density at radius 3 is 2.81 bits per heavy atom. The second-order valence-electron chi connectivity index (χ2n) is 6.56. The Morgan fingerprint density at radius 1 is 1.23 bits per heavy atom. The van der Waals surface area contributed by atoms with E-state index in [0.29, 0.717) is 6.54 Å². The zero-order valence-corrected chi connectivity index (χ0v) is 15.2. The number of aromatic amines is 1. The largest absolute Gasteiger partial charge is 0.358 e. The van der Waals surface area contributed by atoms with Gasteiger partial charge in [0.2, 0.25) is 0 Å². The second kappa shape index (κ2) is 7.29. The van der Waals surface area contributed by atoms with Gasteiger partial charge in [0.15, 0.2) is 5.11 Å². The highest BCUT2D eigenvalue weighted by Crippen LogP contribution is 2.24. The van der Waals surface area contributed by atoms with Crippen molar-refractivity contribution in [2.24, 2.45) is 0 Å². The first kappa shape index (κ1) is 16.8. The van der Waals surface area contributed by atoms with Crippen molar-refractivity contribution in [2.75, 3.05) is 13.1 Å². The number of thiocarbonyl (C=S) groups is 1. The van der Waals surface area contributed by atoms with Crippen LogP contribution in [0.2, 0.25) is 0 Å². The molecular weight excluding hydrogens is 346 g/mol. The molecule has 2 aromatic heterocycles. The minimum absolute atomic E-state index is 0.0260. The Morgan fingerprint density at radius 2 is 2.04 bits per heavy atom. The molecule has 7 heteroatoms. The summed E-state index contributed by atoms with van der Waals surface area (Å²) >= 11 is 5.53. The average molecular weight is 367 g/mol. The Kier molecular flexibility index (Phi) is 4.71. The molecule has 0 atom stereocenters. The van der Waals surface area contributed by atoms with Crippen LogP contribution in [-0.2, 0) is 6.54 Å². The van der Waals surface area contributed by atoms with Gasteiger partial charge in [-0.05, 0) is 48.8 Å². The molecule has 4 rings (SSSR count). The van der Waals surface area contributed by atoms with E-state index in [1.165, 1.54) is 0 Å². The number of piperidine rings is 1. The van der Waals surface area contributed by atoms with Gasteiger partial charge in [-0.3, -0.25) is 9.55 Å². The number of nitrogens with zero attached hydrogens (tertiary/aromatic N) is 3. The smallest absolute Gasteiger partial charge is 0.326 e. The first-order chi connectivity index (χ1) is 12.7. The molecule has 0 spiro atoms. The summed E-state index contributed by atoms with van der Waals surface area (Å²) in [5.74, 6) is 0. The summed E-state index contributed by atoms with van der Waals surface area (Å²) in [5.41, 5.74) is 2.96. The third-order valence-electron chi connectivity index (χ3n) is 4.91. The summed E-state index contributed by atoms with van der Waals surface area (Å²) in [6.07, 6.45) is 5.40. The maximum atomic E-state index is 12.4. The number of hydrogen-bond donors (Lipinski definition) is 2. The monoisotopic (exact) mass is 367 g/mol. The SMILES string of the molecule is O=c1[nH]c2ccccc2n1C1CCN(C(=S)NCc2cccnc2)CC1. The highest BCUT2D eigenvalue weighted by molar-refractivity contribution is 7.80. The van der Waals surface area contributed by atoms with Crippen molar-refractivity contribution in [3.8, 4) is 0 Å². The van der Waals surface area contributed by atoms with E-state index >= 15 is 0 Å². The molecular formula is C19H21N5OS. The zero-order chi connectivity index (χ0) is 17.9. The highest BCUT2D eigenvalue weighted by Gasteiger charge is 2.24. The molecule has 3 heterocycles. The minimum atomic E-state index is -0.0260. The topological polar surface area (TPSA) is 66.0 Å². The number of H-pyrrole nitrogens is 1. The number of nitrogens with one attached hydrogen (secondary N) is 2. The molecule has 1 saturated heterocycles. The van der Waals surface area contributed by atoms with E-state index < -0.39 is 0 Å². The molecule has 0 bridgehead atoms. The fraction of sp³-hybridized carbons (Fsp3) is 0.316. The van der Waals surface area contributed by atoms with Crippen LogP contribution in [0.4, 0.5) is 0 Å². The molecule has 0 radical (unpaired) electrons. The standard InChI is InChI=1S/C19H21N5OS/c25-18-22-16-5-1-2-6-17(16)24(18)15-7-10-23(11-8-15)19(26)21-13-14-4-3-9-20-12-14/h1-6,9,12,15H,7-8,10-11,13H2,(H,21,26)(H,22,25). The van der Waals surface area contributed by atoms with Gasteiger partial charge < -0.3 is 15.2 Å². The number of likely N-dealkylation sites (tertiary alicyclic amines) is 1. The molecule has 1 fully saturated rings. The third kappa shape index (κ3) is 3.35. The summed E-state index contributed by atoms with van der Waals surface area (Å²) in [5, 5.41) is 4.06. The number of imidazole rings is 1. The number of hydrogen-bond acceptors (Lipinski definition) is 3. The molecule has 0 saturated carbocycles. The lowest BCUT2D eigenvalue weighted by atomic mass is 10.0. The lowest BCUT2D eigenvalue weighted by Crippen LogP contribution is -2.45. The number of benzene rings is 1. The minimum Gasteiger partial charge on any atom is -0.358 e. The Hall–Kier alpha value is -2.67. The first-order valence-corrected chi connectivity index (χ1v) is 9.24. The summed E-state index contributed by atoms with van der Waals surface area (Å²) in [7, 11) is 0. The maximum absolute atomic E-state index is 12.4. The summed E-state index contributed by atoms with van der Waals surface area (Å²) in [6, 6.07) is 12.0. The van der Waals surface area contributed by atoms with E-state index in [1.807, 2.05) is 47.2 Å². The van der Waals surface area contributed by atoms with Crippen LogP contribution in [0.3, 0.4) is 0 Å². The van der Waals surface area contributed by atoms with E-state index in [-0.39, 0.29) is 11.7 Å². The van der Waals surface area contributed by atoms with Crippen molar-refractivity contribution in [3.63, 3.8) is 0 Å². The number of fused-ring (bicyclic) bond motifs is 1. The van der Waals surface area contributed by atoms with Gasteiger partial charge in [-0.1, -0.05) is 18.2 Å².